The maximum absolute atomic E-state index is 13.1. The molecule has 0 N–H and O–H groups in total. The number of rotatable bonds is 6. The van der Waals surface area contributed by atoms with E-state index >= 15 is 0 Å². The second-order valence-corrected chi connectivity index (χ2v) is 11.2. The van der Waals surface area contributed by atoms with E-state index in [2.05, 4.69) is 4.90 Å². The predicted octanol–water partition coefficient (Wildman–Crippen LogP) is 1.92. The zero-order valence-electron chi connectivity index (χ0n) is 19.2. The van der Waals surface area contributed by atoms with Crippen LogP contribution in [0.4, 0.5) is 0 Å². The normalized spacial score (nSPS) is 22.2. The van der Waals surface area contributed by atoms with Gasteiger partial charge in [-0.3, -0.25) is 9.69 Å². The van der Waals surface area contributed by atoms with Crippen molar-refractivity contribution in [2.24, 2.45) is 11.8 Å². The largest absolute Gasteiger partial charge is 0.379 e. The molecule has 4 rings (SSSR count). The fourth-order valence-electron chi connectivity index (χ4n) is 5.16. The highest BCUT2D eigenvalue weighted by Gasteiger charge is 2.35. The number of sulfonamides is 1. The average Bonchev–Trinajstić information content (AvgIpc) is 2.88. The number of nitrogens with zero attached hydrogens (tertiary/aromatic N) is 4. The molecule has 3 heterocycles. The molecule has 0 saturated carbocycles. The second kappa shape index (κ2) is 11.0. The molecule has 0 radical (unpaired) electrons. The van der Waals surface area contributed by atoms with Gasteiger partial charge in [0.2, 0.25) is 15.9 Å². The van der Waals surface area contributed by atoms with Gasteiger partial charge in [-0.1, -0.05) is 12.1 Å². The number of nitriles is 1. The van der Waals surface area contributed by atoms with Gasteiger partial charge in [-0.2, -0.15) is 9.57 Å². The Bertz CT molecular complexity index is 955. The fourth-order valence-corrected chi connectivity index (χ4v) is 6.77. The summed E-state index contributed by atoms with van der Waals surface area (Å²) < 4.78 is 32.9. The van der Waals surface area contributed by atoms with E-state index in [1.54, 1.807) is 12.1 Å². The molecule has 9 heteroatoms. The van der Waals surface area contributed by atoms with E-state index in [1.807, 2.05) is 11.0 Å². The van der Waals surface area contributed by atoms with Gasteiger partial charge in [-0.05, 0) is 56.7 Å². The third-order valence-electron chi connectivity index (χ3n) is 7.31. The Morgan fingerprint density at radius 3 is 2.33 bits per heavy atom. The number of benzene rings is 1. The van der Waals surface area contributed by atoms with Gasteiger partial charge in [0.25, 0.3) is 0 Å². The summed E-state index contributed by atoms with van der Waals surface area (Å²) in [6.07, 6.45) is 4.35. The number of carbonyl (C=O) groups excluding carboxylic acids is 1. The molecular weight excluding hydrogens is 440 g/mol. The lowest BCUT2D eigenvalue weighted by molar-refractivity contribution is -0.138. The number of ether oxygens (including phenoxy) is 1. The van der Waals surface area contributed by atoms with Crippen molar-refractivity contribution in [1.29, 1.82) is 5.26 Å². The first-order chi connectivity index (χ1) is 16.0. The number of morpholine rings is 1. The van der Waals surface area contributed by atoms with Crippen LogP contribution in [-0.4, -0.2) is 87.5 Å². The SMILES string of the molecule is N#Cc1ccccc1S(=O)(=O)N1CCC(C(=O)N2CCC(CCN3CCOCC3)CC2)CC1. The Morgan fingerprint density at radius 1 is 1.00 bits per heavy atom. The van der Waals surface area contributed by atoms with Crippen molar-refractivity contribution in [3.05, 3.63) is 29.8 Å². The molecule has 8 nitrogen and oxygen atoms in total. The molecule has 3 fully saturated rings. The highest BCUT2D eigenvalue weighted by Crippen LogP contribution is 2.28. The topological polar surface area (TPSA) is 94.0 Å². The second-order valence-electron chi connectivity index (χ2n) is 9.30. The molecule has 3 saturated heterocycles. The number of likely N-dealkylation sites (tertiary alicyclic amines) is 1. The molecule has 3 aliphatic rings. The number of amides is 1. The van der Waals surface area contributed by atoms with Gasteiger partial charge in [0.15, 0.2) is 0 Å². The first kappa shape index (κ1) is 24.1. The van der Waals surface area contributed by atoms with Crippen molar-refractivity contribution < 1.29 is 17.9 Å². The monoisotopic (exact) mass is 474 g/mol. The zero-order chi connectivity index (χ0) is 23.3. The van der Waals surface area contributed by atoms with Gasteiger partial charge < -0.3 is 9.64 Å². The quantitative estimate of drug-likeness (QED) is 0.625. The van der Waals surface area contributed by atoms with Crippen LogP contribution in [0.25, 0.3) is 0 Å². The van der Waals surface area contributed by atoms with Crippen LogP contribution in [0, 0.1) is 23.2 Å². The van der Waals surface area contributed by atoms with Crippen LogP contribution in [0.15, 0.2) is 29.2 Å². The minimum absolute atomic E-state index is 0.0522. The Hall–Kier alpha value is -1.99. The number of hydrogen-bond acceptors (Lipinski definition) is 6. The summed E-state index contributed by atoms with van der Waals surface area (Å²) >= 11 is 0. The van der Waals surface area contributed by atoms with Gasteiger partial charge in [0.05, 0.1) is 23.7 Å². The molecule has 0 spiro atoms. The van der Waals surface area contributed by atoms with E-state index in [0.717, 1.165) is 58.8 Å². The Labute approximate surface area is 197 Å². The van der Waals surface area contributed by atoms with Crippen molar-refractivity contribution in [1.82, 2.24) is 14.1 Å². The minimum atomic E-state index is -3.73. The number of carbonyl (C=O) groups is 1. The highest BCUT2D eigenvalue weighted by molar-refractivity contribution is 7.89. The van der Waals surface area contributed by atoms with E-state index in [1.165, 1.54) is 22.9 Å². The molecule has 0 unspecified atom stereocenters. The molecule has 0 atom stereocenters. The molecule has 180 valence electrons. The van der Waals surface area contributed by atoms with E-state index < -0.39 is 10.0 Å². The molecule has 33 heavy (non-hydrogen) atoms. The summed E-state index contributed by atoms with van der Waals surface area (Å²) in [7, 11) is -3.73. The number of hydrogen-bond donors (Lipinski definition) is 0. The van der Waals surface area contributed by atoms with E-state index in [0.29, 0.717) is 31.8 Å². The average molecular weight is 475 g/mol. The molecule has 0 aliphatic carbocycles. The van der Waals surface area contributed by atoms with Crippen LogP contribution in [0.1, 0.15) is 37.7 Å². The molecule has 3 aliphatic heterocycles. The Kier molecular flexibility index (Phi) is 8.02. The van der Waals surface area contributed by atoms with E-state index in [9.17, 15) is 18.5 Å². The molecule has 1 amide bonds. The van der Waals surface area contributed by atoms with E-state index in [4.69, 9.17) is 4.74 Å². The first-order valence-electron chi connectivity index (χ1n) is 12.1. The van der Waals surface area contributed by atoms with Crippen molar-refractivity contribution in [3.8, 4) is 6.07 Å². The summed E-state index contributed by atoms with van der Waals surface area (Å²) in [5.74, 6) is 0.729. The van der Waals surface area contributed by atoms with Gasteiger partial charge in [-0.25, -0.2) is 8.42 Å². The lowest BCUT2D eigenvalue weighted by atomic mass is 9.91. The highest BCUT2D eigenvalue weighted by atomic mass is 32.2. The van der Waals surface area contributed by atoms with Gasteiger partial charge in [-0.15, -0.1) is 0 Å². The Morgan fingerprint density at radius 2 is 1.67 bits per heavy atom. The summed E-state index contributed by atoms with van der Waals surface area (Å²) in [5.41, 5.74) is 0.159. The van der Waals surface area contributed by atoms with Gasteiger partial charge in [0, 0.05) is 45.2 Å². The van der Waals surface area contributed by atoms with Crippen molar-refractivity contribution in [2.75, 3.05) is 59.0 Å². The van der Waals surface area contributed by atoms with E-state index in [-0.39, 0.29) is 22.3 Å². The number of piperidine rings is 2. The van der Waals surface area contributed by atoms with Gasteiger partial charge in [0.1, 0.15) is 6.07 Å². The zero-order valence-corrected chi connectivity index (χ0v) is 20.0. The van der Waals surface area contributed by atoms with Crippen LogP contribution < -0.4 is 0 Å². The van der Waals surface area contributed by atoms with Crippen LogP contribution in [0.2, 0.25) is 0 Å². The predicted molar refractivity (Wildman–Crippen MR) is 124 cm³/mol. The van der Waals surface area contributed by atoms with Crippen molar-refractivity contribution >= 4 is 15.9 Å². The first-order valence-corrected chi connectivity index (χ1v) is 13.5. The third-order valence-corrected chi connectivity index (χ3v) is 9.27. The lowest BCUT2D eigenvalue weighted by Gasteiger charge is -2.37. The van der Waals surface area contributed by atoms with Crippen LogP contribution in [0.5, 0.6) is 0 Å². The maximum Gasteiger partial charge on any atom is 0.244 e. The molecular formula is C24H34N4O4S. The van der Waals surface area contributed by atoms with Crippen molar-refractivity contribution in [3.63, 3.8) is 0 Å². The third kappa shape index (κ3) is 5.75. The maximum atomic E-state index is 13.1. The smallest absolute Gasteiger partial charge is 0.244 e. The summed E-state index contributed by atoms with van der Waals surface area (Å²) in [6, 6.07) is 8.26. The molecule has 0 bridgehead atoms. The minimum Gasteiger partial charge on any atom is -0.379 e. The molecule has 1 aromatic rings. The van der Waals surface area contributed by atoms with Crippen molar-refractivity contribution in [2.45, 2.75) is 37.0 Å². The summed E-state index contributed by atoms with van der Waals surface area (Å²) in [6.45, 7) is 7.06. The van der Waals surface area contributed by atoms with Gasteiger partial charge >= 0.3 is 0 Å². The lowest BCUT2D eigenvalue weighted by Crippen LogP contribution is -2.46. The Balaban J connectivity index is 1.24. The summed E-state index contributed by atoms with van der Waals surface area (Å²) in [4.78, 5) is 17.6. The van der Waals surface area contributed by atoms with Crippen LogP contribution in [0.3, 0.4) is 0 Å². The fraction of sp³-hybridized carbons (Fsp3) is 0.667. The van der Waals surface area contributed by atoms with Crippen LogP contribution in [-0.2, 0) is 19.6 Å². The van der Waals surface area contributed by atoms with Crippen LogP contribution >= 0.6 is 0 Å². The standard InChI is InChI=1S/C24H34N4O4S/c25-19-22-3-1-2-4-23(22)33(30,31)28-13-8-21(9-14-28)24(29)27-11-6-20(7-12-27)5-10-26-15-17-32-18-16-26/h1-4,20-21H,5-18H2. The molecule has 0 aromatic heterocycles. The summed E-state index contributed by atoms with van der Waals surface area (Å²) in [5, 5.41) is 9.27. The molecule has 1 aromatic carbocycles.